The highest BCUT2D eigenvalue weighted by Crippen LogP contribution is 2.42. The summed E-state index contributed by atoms with van der Waals surface area (Å²) in [5.74, 6) is 0. The average Bonchev–Trinajstić information content (AvgIpc) is 1.09. The number of benzene rings is 8. The summed E-state index contributed by atoms with van der Waals surface area (Å²) in [6.07, 6.45) is 7.05. The fraction of sp³-hybridized carbons (Fsp3) is 0.0652. The van der Waals surface area contributed by atoms with Gasteiger partial charge in [0.2, 0.25) is 0 Å². The van der Waals surface area contributed by atoms with Crippen molar-refractivity contribution < 1.29 is 9.31 Å². The molecule has 1 aliphatic rings. The van der Waals surface area contributed by atoms with E-state index in [1.54, 1.807) is 36.9 Å². The van der Waals surface area contributed by atoms with Crippen LogP contribution >= 0.6 is 11.6 Å². The van der Waals surface area contributed by atoms with Gasteiger partial charge in [-0.3, -0.25) is 19.9 Å². The maximum absolute atomic E-state index is 6.37. The monoisotopic (exact) mass is 1390 g/mol. The quantitative estimate of drug-likeness (QED) is 0.0955. The molecule has 12 nitrogen and oxygen atoms in total. The largest absolute Gasteiger partial charge is 0.494 e. The molecule has 0 atom stereocenters. The Hall–Kier alpha value is -12.9. The predicted octanol–water partition coefficient (Wildman–Crippen LogP) is 21.6. The van der Waals surface area contributed by atoms with E-state index in [0.29, 0.717) is 5.02 Å². The molecule has 0 spiro atoms. The highest BCUT2D eigenvalue weighted by atomic mass is 35.5. The number of nitrogens with zero attached hydrogens (tertiary/aromatic N) is 10. The minimum Gasteiger partial charge on any atom is -0.399 e. The lowest BCUT2D eigenvalue weighted by atomic mass is 9.78. The zero-order chi connectivity index (χ0) is 72.2. The van der Waals surface area contributed by atoms with Crippen LogP contribution in [0.1, 0.15) is 27.7 Å². The summed E-state index contributed by atoms with van der Waals surface area (Å²) in [6, 6.07) is 109. The van der Waals surface area contributed by atoms with Crippen LogP contribution in [0.25, 0.3) is 147 Å². The molecule has 9 heterocycles. The van der Waals surface area contributed by atoms with E-state index in [2.05, 4.69) is 180 Å². The van der Waals surface area contributed by atoms with Crippen molar-refractivity contribution in [3.05, 3.63) is 357 Å². The van der Waals surface area contributed by atoms with E-state index in [-0.39, 0.29) is 0 Å². The van der Waals surface area contributed by atoms with Crippen LogP contribution in [0, 0.1) is 0 Å². The van der Waals surface area contributed by atoms with E-state index in [4.69, 9.17) is 45.8 Å². The molecule has 510 valence electrons. The van der Waals surface area contributed by atoms with Crippen molar-refractivity contribution in [2.24, 2.45) is 0 Å². The SMILES string of the molecule is CC1(C)OB(c2cccc(-c3nc(-c4ccccc4)c(-c4ccccc4)nc3-c3ccccc3)c2)OC1(C)C.Clc1cc(-c2ccccn2)nc(-c2ccccn2)c1.c1ccc(-c2nc(-c3ccccc3)c(-c3cccc(-c4cc(-c5ccccn5)nc(-c5ccccn5)c4)c3)nc2-c2ccccc2)cc1. The van der Waals surface area contributed by atoms with Crippen LogP contribution in [-0.4, -0.2) is 68.2 Å². The molecule has 106 heavy (non-hydrogen) atoms. The number of pyridine rings is 6. The lowest BCUT2D eigenvalue weighted by Gasteiger charge is -2.32. The van der Waals surface area contributed by atoms with Gasteiger partial charge in [-0.25, -0.2) is 29.9 Å². The highest BCUT2D eigenvalue weighted by molar-refractivity contribution is 6.62. The van der Waals surface area contributed by atoms with Crippen LogP contribution < -0.4 is 5.46 Å². The summed E-state index contributed by atoms with van der Waals surface area (Å²) in [7, 11) is -0.458. The summed E-state index contributed by atoms with van der Waals surface area (Å²) in [5, 5.41) is 0.622. The molecule has 0 aliphatic carbocycles. The Bertz CT molecular complexity index is 5520. The highest BCUT2D eigenvalue weighted by Gasteiger charge is 2.51. The van der Waals surface area contributed by atoms with Crippen molar-refractivity contribution in [2.45, 2.75) is 38.9 Å². The Balaban J connectivity index is 0.000000138. The Labute approximate surface area is 622 Å². The van der Waals surface area contributed by atoms with Crippen LogP contribution in [-0.2, 0) is 9.31 Å². The van der Waals surface area contributed by atoms with Gasteiger partial charge in [0.25, 0.3) is 0 Å². The molecule has 8 aromatic heterocycles. The smallest absolute Gasteiger partial charge is 0.399 e. The van der Waals surface area contributed by atoms with Gasteiger partial charge in [0, 0.05) is 74.3 Å². The number of aromatic nitrogens is 10. The van der Waals surface area contributed by atoms with E-state index in [9.17, 15) is 0 Å². The third-order valence-corrected chi connectivity index (χ3v) is 18.8. The van der Waals surface area contributed by atoms with E-state index in [1.807, 2.05) is 188 Å². The summed E-state index contributed by atoms with van der Waals surface area (Å²) in [6.45, 7) is 8.29. The topological polar surface area (TPSA) is 147 Å². The van der Waals surface area contributed by atoms with Crippen LogP contribution in [0.4, 0.5) is 0 Å². The van der Waals surface area contributed by atoms with Crippen molar-refractivity contribution in [2.75, 3.05) is 0 Å². The van der Waals surface area contributed by atoms with Crippen LogP contribution in [0.2, 0.25) is 5.02 Å². The molecule has 1 aliphatic heterocycles. The maximum atomic E-state index is 6.37. The van der Waals surface area contributed by atoms with E-state index >= 15 is 0 Å². The molecule has 0 bridgehead atoms. The van der Waals surface area contributed by atoms with Gasteiger partial charge in [0.1, 0.15) is 0 Å². The van der Waals surface area contributed by atoms with Gasteiger partial charge in [0.15, 0.2) is 0 Å². The Morgan fingerprint density at radius 2 is 0.481 bits per heavy atom. The zero-order valence-electron chi connectivity index (χ0n) is 58.7. The molecule has 0 amide bonds. The minimum atomic E-state index is -0.458. The molecule has 0 N–H and O–H groups in total. The lowest BCUT2D eigenvalue weighted by molar-refractivity contribution is 0.00578. The maximum Gasteiger partial charge on any atom is 0.494 e. The molecule has 1 fully saturated rings. The van der Waals surface area contributed by atoms with E-state index in [1.165, 1.54) is 0 Å². The molecular weight excluding hydrogens is 1320 g/mol. The van der Waals surface area contributed by atoms with Crippen LogP contribution in [0.15, 0.2) is 352 Å². The molecule has 0 radical (unpaired) electrons. The normalized spacial score (nSPS) is 12.6. The van der Waals surface area contributed by atoms with Crippen molar-refractivity contribution in [3.8, 4) is 147 Å². The molecule has 0 saturated carbocycles. The average molecular weight is 1390 g/mol. The molecule has 16 aromatic rings. The Kier molecular flexibility index (Phi) is 20.4. The van der Waals surface area contributed by atoms with Crippen molar-refractivity contribution in [1.82, 2.24) is 49.8 Å². The molecular formula is C92H70BClN10O2. The first kappa shape index (κ1) is 68.8. The third-order valence-electron chi connectivity index (χ3n) is 18.6. The fourth-order valence-corrected chi connectivity index (χ4v) is 12.7. The molecule has 17 rings (SSSR count). The van der Waals surface area contributed by atoms with Gasteiger partial charge in [-0.15, -0.1) is 0 Å². The molecule has 14 heteroatoms. The molecule has 8 aromatic carbocycles. The van der Waals surface area contributed by atoms with Gasteiger partial charge >= 0.3 is 7.12 Å². The molecule has 1 saturated heterocycles. The number of rotatable bonds is 14. The first-order chi connectivity index (χ1) is 51.9. The first-order valence-corrected chi connectivity index (χ1v) is 35.4. The van der Waals surface area contributed by atoms with Gasteiger partial charge in [-0.1, -0.05) is 260 Å². The summed E-state index contributed by atoms with van der Waals surface area (Å²) in [4.78, 5) is 48.8. The zero-order valence-corrected chi connectivity index (χ0v) is 59.5. The van der Waals surface area contributed by atoms with Gasteiger partial charge in [0.05, 0.1) is 102 Å². The second-order valence-corrected chi connectivity index (χ2v) is 26.7. The van der Waals surface area contributed by atoms with Gasteiger partial charge < -0.3 is 9.31 Å². The minimum absolute atomic E-state index is 0.416. The standard InChI is InChI=1S/C43H29N5.C34H31BN2O2.C15H10ClN3/c1-4-15-30(16-5-1)40-41(31-17-6-2-7-18-31)48-43(42(47-40)32-19-8-3-9-20-32)34-22-14-21-33(27-34)35-28-38(36-23-10-12-25-44-36)46-39(29-35)37-24-11-13-26-45-37;1-33(2)34(3,4)39-35(38-33)28-22-14-21-27(23-28)32-31(26-19-12-7-13-20-26)36-29(24-15-8-5-9-16-24)30(37-32)25-17-10-6-11-18-25;16-11-9-14(12-5-1-3-7-17-12)19-15(10-11)13-6-2-4-8-18-13/h1-29H;5-23H,1-4H3;1-10H. The second-order valence-electron chi connectivity index (χ2n) is 26.3. The van der Waals surface area contributed by atoms with E-state index in [0.717, 1.165) is 152 Å². The van der Waals surface area contributed by atoms with E-state index < -0.39 is 18.3 Å². The molecule has 0 unspecified atom stereocenters. The second kappa shape index (κ2) is 31.4. The van der Waals surface area contributed by atoms with Gasteiger partial charge in [-0.05, 0) is 123 Å². The lowest BCUT2D eigenvalue weighted by Crippen LogP contribution is -2.41. The third kappa shape index (κ3) is 15.5. The fourth-order valence-electron chi connectivity index (χ4n) is 12.5. The predicted molar refractivity (Wildman–Crippen MR) is 429 cm³/mol. The summed E-state index contributed by atoms with van der Waals surface area (Å²) in [5.41, 5.74) is 23.1. The van der Waals surface area contributed by atoms with Crippen molar-refractivity contribution in [1.29, 1.82) is 0 Å². The number of hydrogen-bond donors (Lipinski definition) is 0. The Morgan fingerprint density at radius 3 is 0.783 bits per heavy atom. The van der Waals surface area contributed by atoms with Gasteiger partial charge in [-0.2, -0.15) is 0 Å². The van der Waals surface area contributed by atoms with Crippen molar-refractivity contribution >= 4 is 24.2 Å². The Morgan fingerprint density at radius 1 is 0.226 bits per heavy atom. The number of halogens is 1. The first-order valence-electron chi connectivity index (χ1n) is 35.0. The number of hydrogen-bond acceptors (Lipinski definition) is 12. The van der Waals surface area contributed by atoms with Crippen molar-refractivity contribution in [3.63, 3.8) is 0 Å². The summed E-state index contributed by atoms with van der Waals surface area (Å²) < 4.78 is 12.7. The van der Waals surface area contributed by atoms with Crippen LogP contribution in [0.5, 0.6) is 0 Å². The summed E-state index contributed by atoms with van der Waals surface area (Å²) >= 11 is 6.15. The van der Waals surface area contributed by atoms with Crippen LogP contribution in [0.3, 0.4) is 0 Å².